The summed E-state index contributed by atoms with van der Waals surface area (Å²) in [6.45, 7) is 6.41. The Bertz CT molecular complexity index is 1730. The van der Waals surface area contributed by atoms with E-state index < -0.39 is 6.10 Å². The van der Waals surface area contributed by atoms with Gasteiger partial charge < -0.3 is 14.2 Å². The minimum Gasteiger partial charge on any atom is -0.462 e. The van der Waals surface area contributed by atoms with Gasteiger partial charge in [0, 0.05) is 19.3 Å². The summed E-state index contributed by atoms with van der Waals surface area (Å²) in [5.74, 6) is -0.908. The van der Waals surface area contributed by atoms with Crippen LogP contribution in [0.4, 0.5) is 0 Å². The third-order valence-electron chi connectivity index (χ3n) is 14.4. The molecule has 0 amide bonds. The lowest BCUT2D eigenvalue weighted by Gasteiger charge is -2.18. The van der Waals surface area contributed by atoms with E-state index >= 15 is 0 Å². The van der Waals surface area contributed by atoms with Crippen LogP contribution in [0.5, 0.6) is 0 Å². The van der Waals surface area contributed by atoms with Crippen LogP contribution in [0.3, 0.4) is 0 Å². The lowest BCUT2D eigenvalue weighted by Crippen LogP contribution is -2.30. The Morgan fingerprint density at radius 3 is 0.744 bits per heavy atom. The van der Waals surface area contributed by atoms with Crippen molar-refractivity contribution < 1.29 is 28.6 Å². The van der Waals surface area contributed by atoms with E-state index in [0.717, 1.165) is 141 Å². The summed E-state index contributed by atoms with van der Waals surface area (Å²) < 4.78 is 16.9. The van der Waals surface area contributed by atoms with Crippen LogP contribution in [0.1, 0.15) is 310 Å². The molecule has 0 aromatic carbocycles. The number of carbonyl (C=O) groups is 3. The van der Waals surface area contributed by atoms with Gasteiger partial charge in [-0.25, -0.2) is 0 Å². The highest BCUT2D eigenvalue weighted by Gasteiger charge is 2.19. The summed E-state index contributed by atoms with van der Waals surface area (Å²) in [7, 11) is 0. The average molecular weight is 1140 g/mol. The minimum absolute atomic E-state index is 0.0888. The smallest absolute Gasteiger partial charge is 0.306 e. The van der Waals surface area contributed by atoms with Crippen molar-refractivity contribution >= 4 is 17.9 Å². The molecule has 1 atom stereocenters. The van der Waals surface area contributed by atoms with Gasteiger partial charge in [0.05, 0.1) is 0 Å². The van der Waals surface area contributed by atoms with E-state index in [2.05, 4.69) is 154 Å². The van der Waals surface area contributed by atoms with Gasteiger partial charge in [-0.2, -0.15) is 0 Å². The molecule has 1 unspecified atom stereocenters. The molecule has 0 aromatic heterocycles. The van der Waals surface area contributed by atoms with Crippen molar-refractivity contribution in [2.75, 3.05) is 13.2 Å². The Labute approximate surface area is 506 Å². The molecule has 0 heterocycles. The SMILES string of the molecule is CC/C=C\C/C=C\C/C=C\C/C=C\C/C=C\C/C=C\CCCCCCC(=O)OC(COC(=O)CCCCCCCCCCCCCC)COC(=O)CCCCCCCCCCCCCCC/C=C\C/C=C\C/C=C\C/C=C\C/C=C\CC. The molecular formula is C76H126O6. The summed E-state index contributed by atoms with van der Waals surface area (Å²) in [6, 6.07) is 0. The van der Waals surface area contributed by atoms with Gasteiger partial charge in [-0.05, 0) is 116 Å². The highest BCUT2D eigenvalue weighted by Crippen LogP contribution is 2.16. The van der Waals surface area contributed by atoms with Crippen LogP contribution < -0.4 is 0 Å². The quantitative estimate of drug-likeness (QED) is 0.0261. The second-order valence-electron chi connectivity index (χ2n) is 22.3. The molecule has 0 bridgehead atoms. The van der Waals surface area contributed by atoms with E-state index in [1.54, 1.807) is 0 Å². The second kappa shape index (κ2) is 69.0. The maximum atomic E-state index is 12.9. The maximum Gasteiger partial charge on any atom is 0.306 e. The zero-order chi connectivity index (χ0) is 59.2. The van der Waals surface area contributed by atoms with E-state index in [0.29, 0.717) is 19.3 Å². The van der Waals surface area contributed by atoms with E-state index in [1.807, 2.05) is 0 Å². The van der Waals surface area contributed by atoms with Gasteiger partial charge in [0.25, 0.3) is 0 Å². The molecule has 0 aromatic rings. The molecule has 0 radical (unpaired) electrons. The Kier molecular flexibility index (Phi) is 65.3. The van der Waals surface area contributed by atoms with E-state index in [1.165, 1.54) is 128 Å². The maximum absolute atomic E-state index is 12.9. The molecule has 0 N–H and O–H groups in total. The first-order valence-electron chi connectivity index (χ1n) is 34.2. The van der Waals surface area contributed by atoms with Gasteiger partial charge in [-0.1, -0.05) is 309 Å². The number of hydrogen-bond donors (Lipinski definition) is 0. The molecule has 0 rings (SSSR count). The normalized spacial score (nSPS) is 13.0. The lowest BCUT2D eigenvalue weighted by atomic mass is 10.0. The van der Waals surface area contributed by atoms with Crippen LogP contribution in [0, 0.1) is 0 Å². The standard InChI is InChI=1S/C76H126O6/c1-4-7-10-13-16-19-22-25-27-29-31-33-35-36-37-38-39-40-42-43-45-47-49-51-54-57-60-63-66-69-75(78)81-72-73(71-80-74(77)68-65-62-59-56-53-24-21-18-15-12-9-6-3)82-76(79)70-67-64-61-58-55-52-50-48-46-44-41-34-32-30-28-26-23-20-17-14-11-8-5-2/h7-8,10-11,16-17,19-20,25-28,31-34,36-37,44,46,50,52,73H,4-6,9,12-15,18,21-24,29-30,35,38-43,45,47-49,51,53-72H2,1-3H3/b10-7-,11-8-,19-16-,20-17-,27-25-,28-26-,33-31-,34-32-,37-36-,46-44-,52-50-. The highest BCUT2D eigenvalue weighted by molar-refractivity contribution is 5.71. The molecule has 82 heavy (non-hydrogen) atoms. The monoisotopic (exact) mass is 1130 g/mol. The van der Waals surface area contributed by atoms with Crippen molar-refractivity contribution in [3.8, 4) is 0 Å². The average Bonchev–Trinajstić information content (AvgIpc) is 3.47. The van der Waals surface area contributed by atoms with Crippen LogP contribution in [0.25, 0.3) is 0 Å². The largest absolute Gasteiger partial charge is 0.462 e. The van der Waals surface area contributed by atoms with Gasteiger partial charge in [-0.3, -0.25) is 14.4 Å². The fraction of sp³-hybridized carbons (Fsp3) is 0.671. The summed E-state index contributed by atoms with van der Waals surface area (Å²) >= 11 is 0. The number of allylic oxidation sites excluding steroid dienone is 22. The number of unbranched alkanes of at least 4 members (excludes halogenated alkanes) is 28. The molecule has 0 spiro atoms. The van der Waals surface area contributed by atoms with Crippen LogP contribution in [0.15, 0.2) is 134 Å². The molecule has 0 aliphatic rings. The third kappa shape index (κ3) is 66.4. The van der Waals surface area contributed by atoms with E-state index in [4.69, 9.17) is 14.2 Å². The number of hydrogen-bond acceptors (Lipinski definition) is 6. The topological polar surface area (TPSA) is 78.9 Å². The van der Waals surface area contributed by atoms with Crippen molar-refractivity contribution in [2.24, 2.45) is 0 Å². The van der Waals surface area contributed by atoms with Gasteiger partial charge >= 0.3 is 17.9 Å². The Balaban J connectivity index is 4.32. The van der Waals surface area contributed by atoms with Crippen LogP contribution >= 0.6 is 0 Å². The summed E-state index contributed by atoms with van der Waals surface area (Å²) in [5, 5.41) is 0. The highest BCUT2D eigenvalue weighted by atomic mass is 16.6. The van der Waals surface area contributed by atoms with E-state index in [9.17, 15) is 14.4 Å². The lowest BCUT2D eigenvalue weighted by molar-refractivity contribution is -0.167. The molecule has 0 saturated carbocycles. The summed E-state index contributed by atoms with van der Waals surface area (Å²) in [6.07, 6.45) is 97.5. The number of esters is 3. The third-order valence-corrected chi connectivity index (χ3v) is 14.4. The Morgan fingerprint density at radius 2 is 0.476 bits per heavy atom. The van der Waals surface area contributed by atoms with Crippen LogP contribution in [-0.2, 0) is 28.6 Å². The minimum atomic E-state index is -0.796. The fourth-order valence-electron chi connectivity index (χ4n) is 9.36. The van der Waals surface area contributed by atoms with Crippen LogP contribution in [-0.4, -0.2) is 37.2 Å². The second-order valence-corrected chi connectivity index (χ2v) is 22.3. The number of carbonyl (C=O) groups excluding carboxylic acids is 3. The zero-order valence-corrected chi connectivity index (χ0v) is 53.5. The van der Waals surface area contributed by atoms with Crippen molar-refractivity contribution in [1.82, 2.24) is 0 Å². The molecule has 0 saturated heterocycles. The number of ether oxygens (including phenoxy) is 3. The molecular weight excluding hydrogens is 1010 g/mol. The van der Waals surface area contributed by atoms with Crippen molar-refractivity contribution in [1.29, 1.82) is 0 Å². The molecule has 0 aliphatic carbocycles. The van der Waals surface area contributed by atoms with Crippen molar-refractivity contribution in [3.05, 3.63) is 134 Å². The summed E-state index contributed by atoms with van der Waals surface area (Å²) in [5.41, 5.74) is 0. The van der Waals surface area contributed by atoms with Crippen molar-refractivity contribution in [2.45, 2.75) is 316 Å². The predicted molar refractivity (Wildman–Crippen MR) is 357 cm³/mol. The molecule has 6 nitrogen and oxygen atoms in total. The molecule has 0 aliphatic heterocycles. The number of rotatable bonds is 61. The van der Waals surface area contributed by atoms with Crippen molar-refractivity contribution in [3.63, 3.8) is 0 Å². The fourth-order valence-corrected chi connectivity index (χ4v) is 9.36. The van der Waals surface area contributed by atoms with Gasteiger partial charge in [-0.15, -0.1) is 0 Å². The Morgan fingerprint density at radius 1 is 0.256 bits per heavy atom. The van der Waals surface area contributed by atoms with Gasteiger partial charge in [0.1, 0.15) is 13.2 Å². The van der Waals surface area contributed by atoms with E-state index in [-0.39, 0.29) is 31.1 Å². The first-order chi connectivity index (χ1) is 40.5. The van der Waals surface area contributed by atoms with Gasteiger partial charge in [0.2, 0.25) is 0 Å². The molecule has 0 fully saturated rings. The Hall–Kier alpha value is -4.45. The summed E-state index contributed by atoms with van der Waals surface area (Å²) in [4.78, 5) is 38.4. The molecule has 6 heteroatoms. The zero-order valence-electron chi connectivity index (χ0n) is 53.5. The first kappa shape index (κ1) is 77.5. The first-order valence-corrected chi connectivity index (χ1v) is 34.2. The van der Waals surface area contributed by atoms with Crippen LogP contribution in [0.2, 0.25) is 0 Å². The van der Waals surface area contributed by atoms with Gasteiger partial charge in [0.15, 0.2) is 6.10 Å². The molecule has 466 valence electrons. The predicted octanol–water partition coefficient (Wildman–Crippen LogP) is 23.7.